The summed E-state index contributed by atoms with van der Waals surface area (Å²) >= 11 is 0. The topological polar surface area (TPSA) is 128 Å². The van der Waals surface area contributed by atoms with E-state index < -0.39 is 5.91 Å². The fraction of sp³-hybridized carbons (Fsp3) is 0.481. The van der Waals surface area contributed by atoms with Gasteiger partial charge in [0.25, 0.3) is 5.91 Å². The summed E-state index contributed by atoms with van der Waals surface area (Å²) in [5.74, 6) is 2.91. The number of anilines is 2. The van der Waals surface area contributed by atoms with Crippen molar-refractivity contribution in [1.29, 1.82) is 0 Å². The SMILES string of the molecule is CCc1c(N)ncnc1N1CCC(c2nc(-c3ccc(OC)c(C(N)=O)c3)cn2CCN2CCC2)CC1. The Morgan fingerprint density at radius 1 is 1.14 bits per heavy atom. The van der Waals surface area contributed by atoms with Crippen molar-refractivity contribution in [1.82, 2.24) is 24.4 Å². The third-order valence-corrected chi connectivity index (χ3v) is 7.64. The number of benzene rings is 1. The molecule has 4 N–H and O–H groups in total. The molecule has 2 fully saturated rings. The van der Waals surface area contributed by atoms with Crippen molar-refractivity contribution in [3.05, 3.63) is 47.7 Å². The normalized spacial score (nSPS) is 16.5. The fourth-order valence-corrected chi connectivity index (χ4v) is 5.37. The second-order valence-electron chi connectivity index (χ2n) is 9.83. The Hall–Kier alpha value is -3.66. The van der Waals surface area contributed by atoms with Crippen molar-refractivity contribution in [3.8, 4) is 17.0 Å². The Labute approximate surface area is 217 Å². The molecule has 0 spiro atoms. The fourth-order valence-electron chi connectivity index (χ4n) is 5.37. The van der Waals surface area contributed by atoms with Crippen LogP contribution in [-0.2, 0) is 13.0 Å². The van der Waals surface area contributed by atoms with Crippen LogP contribution in [0.4, 0.5) is 11.6 Å². The smallest absolute Gasteiger partial charge is 0.252 e. The molecule has 2 aliphatic heterocycles. The quantitative estimate of drug-likeness (QED) is 0.455. The number of nitrogen functional groups attached to an aromatic ring is 1. The predicted octanol–water partition coefficient (Wildman–Crippen LogP) is 2.68. The summed E-state index contributed by atoms with van der Waals surface area (Å²) in [5, 5.41) is 0. The average Bonchev–Trinajstić information content (AvgIpc) is 3.31. The van der Waals surface area contributed by atoms with E-state index in [-0.39, 0.29) is 0 Å². The van der Waals surface area contributed by atoms with E-state index in [1.165, 1.54) is 13.5 Å². The number of likely N-dealkylation sites (tertiary alicyclic amines) is 1. The number of hydrogen-bond donors (Lipinski definition) is 2. The van der Waals surface area contributed by atoms with E-state index in [1.807, 2.05) is 6.07 Å². The highest BCUT2D eigenvalue weighted by atomic mass is 16.5. The Kier molecular flexibility index (Phi) is 7.27. The molecular weight excluding hydrogens is 468 g/mol. The van der Waals surface area contributed by atoms with Crippen LogP contribution in [-0.4, -0.2) is 70.2 Å². The minimum Gasteiger partial charge on any atom is -0.496 e. The van der Waals surface area contributed by atoms with Crippen LogP contribution >= 0.6 is 0 Å². The number of carbonyl (C=O) groups excluding carboxylic acids is 1. The Bertz CT molecular complexity index is 1260. The lowest BCUT2D eigenvalue weighted by Crippen LogP contribution is -2.39. The number of nitrogens with two attached hydrogens (primary N) is 2. The highest BCUT2D eigenvalue weighted by molar-refractivity contribution is 5.96. The molecule has 10 heteroatoms. The maximum absolute atomic E-state index is 12.0. The molecule has 2 saturated heterocycles. The highest BCUT2D eigenvalue weighted by Gasteiger charge is 2.28. The molecule has 1 amide bonds. The van der Waals surface area contributed by atoms with Gasteiger partial charge in [0.05, 0.1) is 18.4 Å². The van der Waals surface area contributed by atoms with Gasteiger partial charge in [0.2, 0.25) is 0 Å². The number of ether oxygens (including phenoxy) is 1. The Morgan fingerprint density at radius 3 is 2.57 bits per heavy atom. The van der Waals surface area contributed by atoms with Gasteiger partial charge in [-0.2, -0.15) is 0 Å². The van der Waals surface area contributed by atoms with Gasteiger partial charge in [-0.05, 0) is 57.0 Å². The minimum atomic E-state index is -0.514. The molecule has 5 rings (SSSR count). The number of primary amides is 1. The van der Waals surface area contributed by atoms with Crippen molar-refractivity contribution in [2.75, 3.05) is 50.5 Å². The van der Waals surface area contributed by atoms with Gasteiger partial charge in [-0.1, -0.05) is 6.92 Å². The van der Waals surface area contributed by atoms with Gasteiger partial charge in [0.15, 0.2) is 0 Å². The summed E-state index contributed by atoms with van der Waals surface area (Å²) < 4.78 is 7.63. The number of carbonyl (C=O) groups is 1. The zero-order valence-electron chi connectivity index (χ0n) is 21.7. The summed E-state index contributed by atoms with van der Waals surface area (Å²) in [6, 6.07) is 5.50. The van der Waals surface area contributed by atoms with Crippen LogP contribution in [0, 0.1) is 0 Å². The molecule has 0 unspecified atom stereocenters. The molecule has 1 aromatic carbocycles. The van der Waals surface area contributed by atoms with Gasteiger partial charge in [-0.25, -0.2) is 15.0 Å². The second kappa shape index (κ2) is 10.8. The first-order chi connectivity index (χ1) is 18.0. The Balaban J connectivity index is 1.40. The van der Waals surface area contributed by atoms with Gasteiger partial charge in [-0.3, -0.25) is 4.79 Å². The number of methoxy groups -OCH3 is 1. The summed E-state index contributed by atoms with van der Waals surface area (Å²) in [6.45, 7) is 8.09. The van der Waals surface area contributed by atoms with E-state index in [4.69, 9.17) is 21.2 Å². The molecule has 10 nitrogen and oxygen atoms in total. The number of nitrogens with zero attached hydrogens (tertiary/aromatic N) is 6. The lowest BCUT2D eigenvalue weighted by molar-refractivity contribution is 0.0997. The third kappa shape index (κ3) is 5.11. The molecule has 0 bridgehead atoms. The molecule has 37 heavy (non-hydrogen) atoms. The molecule has 2 aliphatic rings. The van der Waals surface area contributed by atoms with Gasteiger partial charge < -0.3 is 30.6 Å². The molecular formula is C27H36N8O2. The summed E-state index contributed by atoms with van der Waals surface area (Å²) in [4.78, 5) is 30.6. The first-order valence-electron chi connectivity index (χ1n) is 13.1. The molecule has 0 aliphatic carbocycles. The van der Waals surface area contributed by atoms with Crippen molar-refractivity contribution >= 4 is 17.5 Å². The van der Waals surface area contributed by atoms with Crippen LogP contribution in [0.3, 0.4) is 0 Å². The number of piperidine rings is 1. The number of hydrogen-bond acceptors (Lipinski definition) is 8. The number of aromatic nitrogens is 4. The Morgan fingerprint density at radius 2 is 1.92 bits per heavy atom. The monoisotopic (exact) mass is 504 g/mol. The van der Waals surface area contributed by atoms with Gasteiger partial charge >= 0.3 is 0 Å². The number of amides is 1. The highest BCUT2D eigenvalue weighted by Crippen LogP contribution is 2.34. The summed E-state index contributed by atoms with van der Waals surface area (Å²) in [7, 11) is 1.54. The van der Waals surface area contributed by atoms with Gasteiger partial charge in [0.1, 0.15) is 29.5 Å². The second-order valence-corrected chi connectivity index (χ2v) is 9.83. The van der Waals surface area contributed by atoms with Crippen LogP contribution < -0.4 is 21.1 Å². The summed E-state index contributed by atoms with van der Waals surface area (Å²) in [5.41, 5.74) is 14.8. The zero-order valence-corrected chi connectivity index (χ0v) is 21.7. The molecule has 3 aromatic rings. The van der Waals surface area contributed by atoms with Gasteiger partial charge in [0, 0.05) is 49.4 Å². The minimum absolute atomic E-state index is 0.333. The van der Waals surface area contributed by atoms with E-state index >= 15 is 0 Å². The lowest BCUT2D eigenvalue weighted by Gasteiger charge is -2.34. The third-order valence-electron chi connectivity index (χ3n) is 7.64. The van der Waals surface area contributed by atoms with Crippen LogP contribution in [0.5, 0.6) is 5.75 Å². The van der Waals surface area contributed by atoms with E-state index in [2.05, 4.69) is 37.5 Å². The first-order valence-corrected chi connectivity index (χ1v) is 13.1. The van der Waals surface area contributed by atoms with E-state index in [0.717, 1.165) is 87.0 Å². The van der Waals surface area contributed by atoms with Crippen molar-refractivity contribution in [2.24, 2.45) is 5.73 Å². The van der Waals surface area contributed by atoms with E-state index in [0.29, 0.717) is 23.0 Å². The molecule has 0 atom stereocenters. The van der Waals surface area contributed by atoms with E-state index in [1.54, 1.807) is 18.5 Å². The zero-order chi connectivity index (χ0) is 25.9. The standard InChI is InChI=1S/C27H36N8O2/c1-3-20-24(28)30-17-31-27(20)34-11-7-18(8-12-34)26-32-22(16-35(26)14-13-33-9-4-10-33)19-5-6-23(37-2)21(15-19)25(29)36/h5-6,15-18H,3-4,7-14H2,1-2H3,(H2,29,36)(H2,28,30,31). The number of rotatable bonds is 9. The van der Waals surface area contributed by atoms with Crippen molar-refractivity contribution in [3.63, 3.8) is 0 Å². The average molecular weight is 505 g/mol. The predicted molar refractivity (Wildman–Crippen MR) is 144 cm³/mol. The van der Waals surface area contributed by atoms with Crippen LogP contribution in [0.15, 0.2) is 30.7 Å². The molecule has 0 saturated carbocycles. The van der Waals surface area contributed by atoms with Crippen molar-refractivity contribution < 1.29 is 9.53 Å². The number of imidazole rings is 1. The van der Waals surface area contributed by atoms with Crippen LogP contribution in [0.2, 0.25) is 0 Å². The molecule has 196 valence electrons. The van der Waals surface area contributed by atoms with Crippen LogP contribution in [0.25, 0.3) is 11.3 Å². The maximum atomic E-state index is 12.0. The lowest BCUT2D eigenvalue weighted by atomic mass is 9.95. The first kappa shape index (κ1) is 25.0. The molecule has 0 radical (unpaired) electrons. The van der Waals surface area contributed by atoms with Crippen molar-refractivity contribution in [2.45, 2.75) is 45.1 Å². The van der Waals surface area contributed by atoms with Gasteiger partial charge in [-0.15, -0.1) is 0 Å². The van der Waals surface area contributed by atoms with E-state index in [9.17, 15) is 4.79 Å². The maximum Gasteiger partial charge on any atom is 0.252 e. The molecule has 4 heterocycles. The van der Waals surface area contributed by atoms with Crippen LogP contribution in [0.1, 0.15) is 53.8 Å². The molecule has 2 aromatic heterocycles. The summed E-state index contributed by atoms with van der Waals surface area (Å²) in [6.07, 6.45) is 7.70. The largest absolute Gasteiger partial charge is 0.496 e.